The summed E-state index contributed by atoms with van der Waals surface area (Å²) in [6.07, 6.45) is 2.84. The molecular weight excluding hydrogens is 156 g/mol. The molecule has 0 bridgehead atoms. The van der Waals surface area contributed by atoms with Gasteiger partial charge in [0.2, 0.25) is 5.91 Å². The molecule has 0 spiro atoms. The van der Waals surface area contributed by atoms with Crippen LogP contribution in [0.2, 0.25) is 0 Å². The van der Waals surface area contributed by atoms with Crippen LogP contribution >= 0.6 is 0 Å². The summed E-state index contributed by atoms with van der Waals surface area (Å²) in [4.78, 5) is 10.4. The second-order valence-corrected chi connectivity index (χ2v) is 3.36. The topological polar surface area (TPSA) is 75.4 Å². The zero-order chi connectivity index (χ0) is 8.97. The van der Waals surface area contributed by atoms with Crippen molar-refractivity contribution in [2.45, 2.75) is 25.4 Å². The number of primary amides is 1. The molecular formula is C8H16N2O2. The highest BCUT2D eigenvalue weighted by Crippen LogP contribution is 2.24. The van der Waals surface area contributed by atoms with Crippen LogP contribution in [0, 0.1) is 5.92 Å². The molecule has 0 saturated heterocycles. The number of hydrogen-bond donors (Lipinski definition) is 3. The normalized spacial score (nSPS) is 29.1. The van der Waals surface area contributed by atoms with E-state index in [1.165, 1.54) is 0 Å². The van der Waals surface area contributed by atoms with Crippen LogP contribution in [0.5, 0.6) is 0 Å². The van der Waals surface area contributed by atoms with Gasteiger partial charge in [0.15, 0.2) is 0 Å². The Labute approximate surface area is 72.1 Å². The Morgan fingerprint density at radius 1 is 1.58 bits per heavy atom. The van der Waals surface area contributed by atoms with Gasteiger partial charge >= 0.3 is 0 Å². The lowest BCUT2D eigenvalue weighted by Gasteiger charge is -2.13. The highest BCUT2D eigenvalue weighted by molar-refractivity contribution is 5.75. The molecule has 2 unspecified atom stereocenters. The number of nitrogens with one attached hydrogen (secondary N) is 1. The Balaban J connectivity index is 2.10. The first kappa shape index (κ1) is 9.48. The van der Waals surface area contributed by atoms with Crippen molar-refractivity contribution in [3.05, 3.63) is 0 Å². The fourth-order valence-corrected chi connectivity index (χ4v) is 1.64. The van der Waals surface area contributed by atoms with Gasteiger partial charge in [-0.2, -0.15) is 0 Å². The standard InChI is InChI=1S/C8H16N2O2/c9-8(12)5-10-4-6-2-1-3-7(6)11/h6-7,10-11H,1-5H2,(H2,9,12). The lowest BCUT2D eigenvalue weighted by Crippen LogP contribution is -2.34. The molecule has 70 valence electrons. The van der Waals surface area contributed by atoms with E-state index in [-0.39, 0.29) is 18.6 Å². The van der Waals surface area contributed by atoms with Crippen molar-refractivity contribution in [3.8, 4) is 0 Å². The maximum atomic E-state index is 10.4. The maximum Gasteiger partial charge on any atom is 0.231 e. The monoisotopic (exact) mass is 172 g/mol. The van der Waals surface area contributed by atoms with E-state index in [0.29, 0.717) is 12.5 Å². The Kier molecular flexibility index (Phi) is 3.49. The van der Waals surface area contributed by atoms with Gasteiger partial charge in [-0.05, 0) is 18.8 Å². The number of nitrogens with two attached hydrogens (primary N) is 1. The highest BCUT2D eigenvalue weighted by atomic mass is 16.3. The molecule has 2 atom stereocenters. The van der Waals surface area contributed by atoms with Gasteiger partial charge in [0.05, 0.1) is 12.6 Å². The fraction of sp³-hybridized carbons (Fsp3) is 0.875. The van der Waals surface area contributed by atoms with Crippen molar-refractivity contribution in [2.75, 3.05) is 13.1 Å². The smallest absolute Gasteiger partial charge is 0.231 e. The Morgan fingerprint density at radius 2 is 2.33 bits per heavy atom. The number of hydrogen-bond acceptors (Lipinski definition) is 3. The first-order chi connectivity index (χ1) is 5.70. The van der Waals surface area contributed by atoms with Gasteiger partial charge in [0.25, 0.3) is 0 Å². The summed E-state index contributed by atoms with van der Waals surface area (Å²) in [5.74, 6) is -0.0353. The molecule has 12 heavy (non-hydrogen) atoms. The molecule has 1 fully saturated rings. The summed E-state index contributed by atoms with van der Waals surface area (Å²) in [6, 6.07) is 0. The minimum Gasteiger partial charge on any atom is -0.393 e. The molecule has 1 aliphatic rings. The molecule has 0 aromatic rings. The zero-order valence-electron chi connectivity index (χ0n) is 7.12. The first-order valence-corrected chi connectivity index (χ1v) is 4.37. The number of carbonyl (C=O) groups excluding carboxylic acids is 1. The van der Waals surface area contributed by atoms with E-state index in [1.807, 2.05) is 0 Å². The largest absolute Gasteiger partial charge is 0.393 e. The van der Waals surface area contributed by atoms with Gasteiger partial charge in [-0.15, -0.1) is 0 Å². The van der Waals surface area contributed by atoms with Crippen molar-refractivity contribution in [1.29, 1.82) is 0 Å². The average Bonchev–Trinajstić information content (AvgIpc) is 2.36. The third-order valence-corrected chi connectivity index (χ3v) is 2.32. The van der Waals surface area contributed by atoms with Gasteiger partial charge in [-0.1, -0.05) is 6.42 Å². The number of amides is 1. The minimum atomic E-state index is -0.345. The molecule has 0 aromatic heterocycles. The first-order valence-electron chi connectivity index (χ1n) is 4.37. The molecule has 0 heterocycles. The third kappa shape index (κ3) is 2.79. The van der Waals surface area contributed by atoms with E-state index in [9.17, 15) is 9.90 Å². The van der Waals surface area contributed by atoms with Gasteiger partial charge in [0.1, 0.15) is 0 Å². The second-order valence-electron chi connectivity index (χ2n) is 3.36. The Morgan fingerprint density at radius 3 is 2.83 bits per heavy atom. The summed E-state index contributed by atoms with van der Waals surface area (Å²) in [6.45, 7) is 0.910. The average molecular weight is 172 g/mol. The highest BCUT2D eigenvalue weighted by Gasteiger charge is 2.24. The van der Waals surface area contributed by atoms with E-state index in [4.69, 9.17) is 5.73 Å². The molecule has 1 aliphatic carbocycles. The third-order valence-electron chi connectivity index (χ3n) is 2.32. The van der Waals surface area contributed by atoms with E-state index >= 15 is 0 Å². The van der Waals surface area contributed by atoms with Crippen LogP contribution in [-0.4, -0.2) is 30.2 Å². The van der Waals surface area contributed by atoms with Crippen LogP contribution in [0.1, 0.15) is 19.3 Å². The van der Waals surface area contributed by atoms with Crippen LogP contribution in [0.15, 0.2) is 0 Å². The molecule has 0 aliphatic heterocycles. The molecule has 4 heteroatoms. The second kappa shape index (κ2) is 4.42. The van der Waals surface area contributed by atoms with E-state index < -0.39 is 0 Å². The maximum absolute atomic E-state index is 10.4. The molecule has 4 N–H and O–H groups in total. The van der Waals surface area contributed by atoms with Crippen LogP contribution < -0.4 is 11.1 Å². The fourth-order valence-electron chi connectivity index (χ4n) is 1.64. The van der Waals surface area contributed by atoms with Gasteiger partial charge < -0.3 is 16.2 Å². The predicted molar refractivity (Wildman–Crippen MR) is 45.4 cm³/mol. The van der Waals surface area contributed by atoms with Gasteiger partial charge in [-0.25, -0.2) is 0 Å². The summed E-state index contributed by atoms with van der Waals surface area (Å²) in [5, 5.41) is 12.3. The molecule has 0 aromatic carbocycles. The van der Waals surface area contributed by atoms with E-state index in [0.717, 1.165) is 19.3 Å². The van der Waals surface area contributed by atoms with E-state index in [2.05, 4.69) is 5.32 Å². The number of rotatable bonds is 4. The van der Waals surface area contributed by atoms with Gasteiger partial charge in [-0.3, -0.25) is 4.79 Å². The number of aliphatic hydroxyl groups excluding tert-OH is 1. The summed E-state index contributed by atoms with van der Waals surface area (Å²) in [7, 11) is 0. The Hall–Kier alpha value is -0.610. The molecule has 1 amide bonds. The number of aliphatic hydroxyl groups is 1. The van der Waals surface area contributed by atoms with Crippen molar-refractivity contribution in [2.24, 2.45) is 11.7 Å². The van der Waals surface area contributed by atoms with Crippen molar-refractivity contribution in [3.63, 3.8) is 0 Å². The van der Waals surface area contributed by atoms with Crippen LogP contribution in [0.4, 0.5) is 0 Å². The Bertz CT molecular complexity index is 161. The van der Waals surface area contributed by atoms with Crippen LogP contribution in [0.25, 0.3) is 0 Å². The summed E-state index contributed by atoms with van der Waals surface area (Å²) in [5.41, 5.74) is 4.95. The van der Waals surface area contributed by atoms with Crippen molar-refractivity contribution in [1.82, 2.24) is 5.32 Å². The van der Waals surface area contributed by atoms with Gasteiger partial charge in [0, 0.05) is 6.54 Å². The summed E-state index contributed by atoms with van der Waals surface area (Å²) < 4.78 is 0. The zero-order valence-corrected chi connectivity index (χ0v) is 7.12. The summed E-state index contributed by atoms with van der Waals surface area (Å²) >= 11 is 0. The molecule has 1 saturated carbocycles. The lowest BCUT2D eigenvalue weighted by atomic mass is 10.1. The number of carbonyl (C=O) groups is 1. The molecule has 1 rings (SSSR count). The SMILES string of the molecule is NC(=O)CNCC1CCCC1O. The van der Waals surface area contributed by atoms with Crippen molar-refractivity contribution < 1.29 is 9.90 Å². The van der Waals surface area contributed by atoms with E-state index in [1.54, 1.807) is 0 Å². The minimum absolute atomic E-state index is 0.189. The predicted octanol–water partition coefficient (Wildman–Crippen LogP) is -0.778. The molecule has 0 radical (unpaired) electrons. The quantitative estimate of drug-likeness (QED) is 0.521. The van der Waals surface area contributed by atoms with Crippen LogP contribution in [0.3, 0.4) is 0 Å². The van der Waals surface area contributed by atoms with Crippen molar-refractivity contribution >= 4 is 5.91 Å². The molecule has 4 nitrogen and oxygen atoms in total. The lowest BCUT2D eigenvalue weighted by molar-refractivity contribution is -0.117. The van der Waals surface area contributed by atoms with Crippen LogP contribution in [-0.2, 0) is 4.79 Å².